The van der Waals surface area contributed by atoms with Gasteiger partial charge in [0.1, 0.15) is 11.9 Å². The zero-order valence-electron chi connectivity index (χ0n) is 9.06. The van der Waals surface area contributed by atoms with E-state index >= 15 is 0 Å². The van der Waals surface area contributed by atoms with Crippen LogP contribution in [0.2, 0.25) is 0 Å². The summed E-state index contributed by atoms with van der Waals surface area (Å²) < 4.78 is 17.5. The maximum absolute atomic E-state index is 13.0. The van der Waals surface area contributed by atoms with Gasteiger partial charge in [0.25, 0.3) is 0 Å². The highest BCUT2D eigenvalue weighted by molar-refractivity contribution is 9.10. The summed E-state index contributed by atoms with van der Waals surface area (Å²) in [5.41, 5.74) is 0.315. The predicted octanol–water partition coefficient (Wildman–Crippen LogP) is 1.55. The summed E-state index contributed by atoms with van der Waals surface area (Å²) in [5, 5.41) is 19.3. The molecule has 0 aliphatic carbocycles. The molecule has 2 atom stereocenters. The van der Waals surface area contributed by atoms with E-state index in [0.29, 0.717) is 5.56 Å². The highest BCUT2D eigenvalue weighted by atomic mass is 79.9. The van der Waals surface area contributed by atoms with Crippen molar-refractivity contribution in [2.75, 3.05) is 7.11 Å². The van der Waals surface area contributed by atoms with E-state index in [9.17, 15) is 19.4 Å². The van der Waals surface area contributed by atoms with Crippen LogP contribution in [-0.2, 0) is 9.53 Å². The van der Waals surface area contributed by atoms with Gasteiger partial charge < -0.3 is 14.9 Å². The minimum atomic E-state index is -1.29. The average Bonchev–Trinajstić information content (AvgIpc) is 2.31. The zero-order valence-corrected chi connectivity index (χ0v) is 10.6. The van der Waals surface area contributed by atoms with Gasteiger partial charge in [0, 0.05) is 0 Å². The number of methoxy groups -OCH3 is 1. The standard InChI is InChI=1S/C11H12BrFO4/c1-17-10(15)5-9(14)11(16)6-2-3-8(13)7(12)4-6/h2-4,9,11,14,16H,5H2,1H3. The Hall–Kier alpha value is -0.980. The number of aliphatic hydroxyl groups is 2. The summed E-state index contributed by atoms with van der Waals surface area (Å²) in [6.07, 6.45) is -2.89. The Morgan fingerprint density at radius 2 is 2.18 bits per heavy atom. The maximum atomic E-state index is 13.0. The first kappa shape index (κ1) is 14.1. The van der Waals surface area contributed by atoms with Gasteiger partial charge in [-0.05, 0) is 33.6 Å². The van der Waals surface area contributed by atoms with E-state index in [0.717, 1.165) is 6.07 Å². The Labute approximate surface area is 106 Å². The zero-order chi connectivity index (χ0) is 13.0. The Morgan fingerprint density at radius 3 is 2.71 bits per heavy atom. The second-order valence-electron chi connectivity index (χ2n) is 3.47. The summed E-state index contributed by atoms with van der Waals surface area (Å²) in [6, 6.07) is 3.85. The molecule has 1 aromatic rings. The fourth-order valence-corrected chi connectivity index (χ4v) is 1.68. The van der Waals surface area contributed by atoms with E-state index in [2.05, 4.69) is 20.7 Å². The van der Waals surface area contributed by atoms with Gasteiger partial charge >= 0.3 is 5.97 Å². The normalized spacial score (nSPS) is 14.2. The molecule has 0 saturated heterocycles. The number of carbonyl (C=O) groups excluding carboxylic acids is 1. The van der Waals surface area contributed by atoms with Crippen molar-refractivity contribution in [3.8, 4) is 0 Å². The van der Waals surface area contributed by atoms with Crippen molar-refractivity contribution in [3.05, 3.63) is 34.1 Å². The SMILES string of the molecule is COC(=O)CC(O)C(O)c1ccc(F)c(Br)c1. The molecule has 94 valence electrons. The third kappa shape index (κ3) is 3.76. The quantitative estimate of drug-likeness (QED) is 0.828. The molecule has 2 N–H and O–H groups in total. The van der Waals surface area contributed by atoms with Crippen LogP contribution >= 0.6 is 15.9 Å². The summed E-state index contributed by atoms with van der Waals surface area (Å²) in [4.78, 5) is 10.9. The number of halogens is 2. The number of rotatable bonds is 4. The van der Waals surface area contributed by atoms with Crippen molar-refractivity contribution in [1.29, 1.82) is 0 Å². The number of aliphatic hydroxyl groups excluding tert-OH is 2. The molecule has 0 radical (unpaired) electrons. The van der Waals surface area contributed by atoms with Crippen molar-refractivity contribution in [3.63, 3.8) is 0 Å². The summed E-state index contributed by atoms with van der Waals surface area (Å²) >= 11 is 2.97. The van der Waals surface area contributed by atoms with Gasteiger partial charge in [0.15, 0.2) is 0 Å². The lowest BCUT2D eigenvalue weighted by Gasteiger charge is -2.17. The Bertz CT molecular complexity index is 410. The van der Waals surface area contributed by atoms with Crippen LogP contribution in [0.4, 0.5) is 4.39 Å². The highest BCUT2D eigenvalue weighted by Gasteiger charge is 2.22. The third-order valence-corrected chi connectivity index (χ3v) is 2.86. The molecule has 2 unspecified atom stereocenters. The summed E-state index contributed by atoms with van der Waals surface area (Å²) in [7, 11) is 1.19. The van der Waals surface area contributed by atoms with Crippen LogP contribution in [0.5, 0.6) is 0 Å². The van der Waals surface area contributed by atoms with Gasteiger partial charge in [-0.2, -0.15) is 0 Å². The Morgan fingerprint density at radius 1 is 1.53 bits per heavy atom. The van der Waals surface area contributed by atoms with Crippen LogP contribution in [-0.4, -0.2) is 29.4 Å². The third-order valence-electron chi connectivity index (χ3n) is 2.25. The fraction of sp³-hybridized carbons (Fsp3) is 0.364. The molecule has 0 spiro atoms. The van der Waals surface area contributed by atoms with E-state index in [1.54, 1.807) is 0 Å². The number of hydrogen-bond donors (Lipinski definition) is 2. The average molecular weight is 307 g/mol. The van der Waals surface area contributed by atoms with Gasteiger partial charge in [-0.15, -0.1) is 0 Å². The first-order valence-corrected chi connectivity index (χ1v) is 5.63. The monoisotopic (exact) mass is 306 g/mol. The van der Waals surface area contributed by atoms with Crippen LogP contribution in [0.25, 0.3) is 0 Å². The highest BCUT2D eigenvalue weighted by Crippen LogP contribution is 2.24. The van der Waals surface area contributed by atoms with E-state index < -0.39 is 24.0 Å². The second kappa shape index (κ2) is 6.09. The summed E-state index contributed by atoms with van der Waals surface area (Å²) in [5.74, 6) is -1.10. The van der Waals surface area contributed by atoms with Gasteiger partial charge in [0.2, 0.25) is 0 Å². The molecule has 6 heteroatoms. The van der Waals surface area contributed by atoms with E-state index in [1.165, 1.54) is 19.2 Å². The molecular formula is C11H12BrFO4. The molecule has 1 aromatic carbocycles. The molecule has 0 aromatic heterocycles. The molecule has 17 heavy (non-hydrogen) atoms. The van der Waals surface area contributed by atoms with Gasteiger partial charge in [0.05, 0.1) is 24.1 Å². The topological polar surface area (TPSA) is 66.8 Å². The molecule has 4 nitrogen and oxygen atoms in total. The second-order valence-corrected chi connectivity index (χ2v) is 4.32. The smallest absolute Gasteiger partial charge is 0.308 e. The number of benzene rings is 1. The minimum absolute atomic E-state index is 0.180. The molecule has 0 bridgehead atoms. The molecule has 0 aliphatic heterocycles. The molecule has 0 saturated carbocycles. The van der Waals surface area contributed by atoms with Crippen LogP contribution in [0, 0.1) is 5.82 Å². The van der Waals surface area contributed by atoms with Gasteiger partial charge in [-0.1, -0.05) is 6.07 Å². The first-order valence-electron chi connectivity index (χ1n) is 4.83. The predicted molar refractivity (Wildman–Crippen MR) is 61.7 cm³/mol. The number of carbonyl (C=O) groups is 1. The lowest BCUT2D eigenvalue weighted by Crippen LogP contribution is -2.22. The number of ether oxygens (including phenoxy) is 1. The Balaban J connectivity index is 2.77. The van der Waals surface area contributed by atoms with Gasteiger partial charge in [-0.3, -0.25) is 4.79 Å². The molecule has 0 amide bonds. The largest absolute Gasteiger partial charge is 0.469 e. The molecule has 0 fully saturated rings. The lowest BCUT2D eigenvalue weighted by atomic mass is 10.0. The number of esters is 1. The fourth-order valence-electron chi connectivity index (χ4n) is 1.28. The van der Waals surface area contributed by atoms with Crippen LogP contribution in [0.1, 0.15) is 18.1 Å². The van der Waals surface area contributed by atoms with Crippen LogP contribution < -0.4 is 0 Å². The molecular weight excluding hydrogens is 295 g/mol. The first-order chi connectivity index (χ1) is 7.95. The van der Waals surface area contributed by atoms with Crippen molar-refractivity contribution < 1.29 is 24.1 Å². The molecule has 0 heterocycles. The molecule has 1 rings (SSSR count). The van der Waals surface area contributed by atoms with Crippen LogP contribution in [0.3, 0.4) is 0 Å². The Kier molecular flexibility index (Phi) is 5.04. The van der Waals surface area contributed by atoms with Crippen molar-refractivity contribution >= 4 is 21.9 Å². The minimum Gasteiger partial charge on any atom is -0.469 e. The lowest BCUT2D eigenvalue weighted by molar-refractivity contribution is -0.144. The number of hydrogen-bond acceptors (Lipinski definition) is 4. The maximum Gasteiger partial charge on any atom is 0.308 e. The van der Waals surface area contributed by atoms with Crippen molar-refractivity contribution in [2.24, 2.45) is 0 Å². The molecule has 0 aliphatic rings. The van der Waals surface area contributed by atoms with Crippen molar-refractivity contribution in [1.82, 2.24) is 0 Å². The van der Waals surface area contributed by atoms with E-state index in [4.69, 9.17) is 0 Å². The van der Waals surface area contributed by atoms with Crippen molar-refractivity contribution in [2.45, 2.75) is 18.6 Å². The van der Waals surface area contributed by atoms with E-state index in [-0.39, 0.29) is 10.9 Å². The van der Waals surface area contributed by atoms with Gasteiger partial charge in [-0.25, -0.2) is 4.39 Å². The van der Waals surface area contributed by atoms with Crippen LogP contribution in [0.15, 0.2) is 22.7 Å². The van der Waals surface area contributed by atoms with E-state index in [1.807, 2.05) is 0 Å². The summed E-state index contributed by atoms with van der Waals surface area (Å²) in [6.45, 7) is 0.